The summed E-state index contributed by atoms with van der Waals surface area (Å²) in [6, 6.07) is 2.97. The number of aryl methyl sites for hydroxylation is 2. The van der Waals surface area contributed by atoms with E-state index in [9.17, 15) is 4.39 Å². The molecule has 7 heteroatoms. The number of fused-ring (bicyclic) bond motifs is 1. The van der Waals surface area contributed by atoms with Gasteiger partial charge in [-0.15, -0.1) is 0 Å². The summed E-state index contributed by atoms with van der Waals surface area (Å²) in [6.07, 6.45) is 2.80. The van der Waals surface area contributed by atoms with Crippen LogP contribution in [0.3, 0.4) is 0 Å². The van der Waals surface area contributed by atoms with E-state index in [1.807, 2.05) is 17.8 Å². The zero-order chi connectivity index (χ0) is 15.1. The van der Waals surface area contributed by atoms with Gasteiger partial charge >= 0.3 is 0 Å². The summed E-state index contributed by atoms with van der Waals surface area (Å²) in [5, 5.41) is 4.50. The zero-order valence-corrected chi connectivity index (χ0v) is 13.2. The second-order valence-corrected chi connectivity index (χ2v) is 5.72. The normalized spacial score (nSPS) is 11.4. The third-order valence-electron chi connectivity index (χ3n) is 3.47. The Morgan fingerprint density at radius 1 is 1.43 bits per heavy atom. The maximum atomic E-state index is 13.7. The Kier molecular flexibility index (Phi) is 3.59. The molecule has 0 radical (unpaired) electrons. The summed E-state index contributed by atoms with van der Waals surface area (Å²) >= 11 is 11.1. The number of benzene rings is 1. The van der Waals surface area contributed by atoms with E-state index in [4.69, 9.17) is 23.8 Å². The first-order valence-corrected chi connectivity index (χ1v) is 7.37. The van der Waals surface area contributed by atoms with E-state index < -0.39 is 5.82 Å². The van der Waals surface area contributed by atoms with Gasteiger partial charge in [0.15, 0.2) is 4.77 Å². The summed E-state index contributed by atoms with van der Waals surface area (Å²) in [7, 11) is 1.89. The molecule has 0 saturated carbocycles. The Morgan fingerprint density at radius 2 is 2.19 bits per heavy atom. The van der Waals surface area contributed by atoms with E-state index in [1.54, 1.807) is 10.7 Å². The molecule has 0 unspecified atom stereocenters. The Bertz CT molecular complexity index is 877. The van der Waals surface area contributed by atoms with Gasteiger partial charge in [-0.1, -0.05) is 18.5 Å². The minimum atomic E-state index is -0.450. The first-order valence-electron chi connectivity index (χ1n) is 6.58. The molecule has 110 valence electrons. The number of hydrogen-bond donors (Lipinski definition) is 1. The highest BCUT2D eigenvalue weighted by Crippen LogP contribution is 2.24. The lowest BCUT2D eigenvalue weighted by Gasteiger charge is -2.05. The van der Waals surface area contributed by atoms with Crippen molar-refractivity contribution >= 4 is 34.9 Å². The maximum absolute atomic E-state index is 13.7. The van der Waals surface area contributed by atoms with E-state index in [1.165, 1.54) is 6.07 Å². The van der Waals surface area contributed by atoms with Crippen molar-refractivity contribution in [2.75, 3.05) is 0 Å². The van der Waals surface area contributed by atoms with Gasteiger partial charge in [0.25, 0.3) is 0 Å². The van der Waals surface area contributed by atoms with Crippen LogP contribution in [0.4, 0.5) is 4.39 Å². The molecular weight excluding hydrogens is 311 g/mol. The largest absolute Gasteiger partial charge is 0.331 e. The Morgan fingerprint density at radius 3 is 2.90 bits per heavy atom. The lowest BCUT2D eigenvalue weighted by molar-refractivity contribution is 0.628. The first kappa shape index (κ1) is 14.3. The van der Waals surface area contributed by atoms with Crippen LogP contribution in [0.15, 0.2) is 18.3 Å². The van der Waals surface area contributed by atoms with Gasteiger partial charge < -0.3 is 9.55 Å². The Hall–Kier alpha value is -1.66. The number of H-pyrrole nitrogens is 1. The van der Waals surface area contributed by atoms with Crippen LogP contribution in [-0.4, -0.2) is 19.3 Å². The minimum absolute atomic E-state index is 0.0847. The highest BCUT2D eigenvalue weighted by Gasteiger charge is 2.12. The maximum Gasteiger partial charge on any atom is 0.178 e. The van der Waals surface area contributed by atoms with Gasteiger partial charge in [-0.05, 0) is 24.7 Å². The van der Waals surface area contributed by atoms with Gasteiger partial charge in [0, 0.05) is 24.9 Å². The van der Waals surface area contributed by atoms with Crippen LogP contribution in [0.2, 0.25) is 5.02 Å². The number of imidazole rings is 1. The molecule has 4 nitrogen and oxygen atoms in total. The van der Waals surface area contributed by atoms with Crippen molar-refractivity contribution in [1.82, 2.24) is 19.3 Å². The molecule has 0 aliphatic heterocycles. The molecule has 2 aromatic heterocycles. The molecule has 0 bridgehead atoms. The second kappa shape index (κ2) is 5.27. The average molecular weight is 325 g/mol. The molecule has 0 amide bonds. The third kappa shape index (κ3) is 2.49. The van der Waals surface area contributed by atoms with Crippen LogP contribution >= 0.6 is 23.8 Å². The van der Waals surface area contributed by atoms with Crippen molar-refractivity contribution in [3.05, 3.63) is 45.2 Å². The molecule has 2 heterocycles. The van der Waals surface area contributed by atoms with Crippen LogP contribution < -0.4 is 0 Å². The number of nitrogens with zero attached hydrogens (tertiary/aromatic N) is 3. The molecule has 3 aromatic rings. The average Bonchev–Trinajstić information content (AvgIpc) is 2.93. The quantitative estimate of drug-likeness (QED) is 0.743. The van der Waals surface area contributed by atoms with Crippen LogP contribution in [0, 0.1) is 10.6 Å². The van der Waals surface area contributed by atoms with Crippen molar-refractivity contribution in [2.24, 2.45) is 7.05 Å². The molecule has 1 N–H and O–H groups in total. The molecule has 0 aliphatic carbocycles. The van der Waals surface area contributed by atoms with Crippen LogP contribution in [0.25, 0.3) is 11.0 Å². The van der Waals surface area contributed by atoms with Crippen LogP contribution in [-0.2, 0) is 20.0 Å². The van der Waals surface area contributed by atoms with E-state index >= 15 is 0 Å². The predicted octanol–water partition coefficient (Wildman–Crippen LogP) is 3.84. The highest BCUT2D eigenvalue weighted by molar-refractivity contribution is 7.71. The summed E-state index contributed by atoms with van der Waals surface area (Å²) in [6.45, 7) is 2.61. The van der Waals surface area contributed by atoms with Gasteiger partial charge in [0.2, 0.25) is 0 Å². The fourth-order valence-electron chi connectivity index (χ4n) is 2.49. The molecule has 0 saturated heterocycles. The standard InChI is InChI=1S/C14H14ClFN4S/c1-3-11-8(6-19(2)18-11)7-20-13-5-10(16)9(15)4-12(13)17-14(20)21/h4-6H,3,7H2,1-2H3,(H,17,21). The van der Waals surface area contributed by atoms with Crippen molar-refractivity contribution in [2.45, 2.75) is 19.9 Å². The molecular formula is C14H14ClFN4S. The van der Waals surface area contributed by atoms with E-state index in [0.717, 1.165) is 23.2 Å². The molecule has 3 rings (SSSR count). The predicted molar refractivity (Wildman–Crippen MR) is 83.8 cm³/mol. The zero-order valence-electron chi connectivity index (χ0n) is 11.7. The van der Waals surface area contributed by atoms with Gasteiger partial charge in [-0.25, -0.2) is 4.39 Å². The topological polar surface area (TPSA) is 38.5 Å². The van der Waals surface area contributed by atoms with Crippen molar-refractivity contribution in [1.29, 1.82) is 0 Å². The number of halogens is 2. The Balaban J connectivity index is 2.14. The molecule has 0 atom stereocenters. The van der Waals surface area contributed by atoms with Crippen LogP contribution in [0.1, 0.15) is 18.2 Å². The number of hydrogen-bond acceptors (Lipinski definition) is 2. The first-order chi connectivity index (χ1) is 9.99. The monoisotopic (exact) mass is 324 g/mol. The smallest absolute Gasteiger partial charge is 0.178 e. The number of nitrogens with one attached hydrogen (secondary N) is 1. The number of rotatable bonds is 3. The lowest BCUT2D eigenvalue weighted by atomic mass is 10.2. The van der Waals surface area contributed by atoms with Gasteiger partial charge in [-0.2, -0.15) is 5.10 Å². The van der Waals surface area contributed by atoms with E-state index in [-0.39, 0.29) is 5.02 Å². The third-order valence-corrected chi connectivity index (χ3v) is 4.08. The SMILES string of the molecule is CCc1nn(C)cc1Cn1c(=S)[nH]c2cc(Cl)c(F)cc21. The summed E-state index contributed by atoms with van der Waals surface area (Å²) in [5.41, 5.74) is 3.52. The van der Waals surface area contributed by atoms with Crippen molar-refractivity contribution in [3.8, 4) is 0 Å². The van der Waals surface area contributed by atoms with Crippen molar-refractivity contribution in [3.63, 3.8) is 0 Å². The van der Waals surface area contributed by atoms with E-state index in [0.29, 0.717) is 16.8 Å². The summed E-state index contributed by atoms with van der Waals surface area (Å²) in [5.74, 6) is -0.450. The van der Waals surface area contributed by atoms with Gasteiger partial charge in [0.1, 0.15) is 5.82 Å². The minimum Gasteiger partial charge on any atom is -0.331 e. The number of aromatic nitrogens is 4. The van der Waals surface area contributed by atoms with Crippen molar-refractivity contribution < 1.29 is 4.39 Å². The summed E-state index contributed by atoms with van der Waals surface area (Å²) < 4.78 is 17.9. The van der Waals surface area contributed by atoms with Gasteiger partial charge in [0.05, 0.1) is 28.3 Å². The number of aromatic amines is 1. The van der Waals surface area contributed by atoms with Gasteiger partial charge in [-0.3, -0.25) is 4.68 Å². The fourth-order valence-corrected chi connectivity index (χ4v) is 2.93. The molecule has 0 aliphatic rings. The Labute approximate surface area is 131 Å². The molecule has 21 heavy (non-hydrogen) atoms. The van der Waals surface area contributed by atoms with Crippen LogP contribution in [0.5, 0.6) is 0 Å². The second-order valence-electron chi connectivity index (χ2n) is 4.93. The lowest BCUT2D eigenvalue weighted by Crippen LogP contribution is -2.01. The molecule has 0 fully saturated rings. The van der Waals surface area contributed by atoms with E-state index in [2.05, 4.69) is 17.0 Å². The molecule has 1 aromatic carbocycles. The highest BCUT2D eigenvalue weighted by atomic mass is 35.5. The summed E-state index contributed by atoms with van der Waals surface area (Å²) in [4.78, 5) is 3.06. The fraction of sp³-hybridized carbons (Fsp3) is 0.286. The molecule has 0 spiro atoms.